The van der Waals surface area contributed by atoms with Crippen molar-refractivity contribution in [2.45, 2.75) is 38.7 Å². The third-order valence-corrected chi connectivity index (χ3v) is 5.80. The number of amides is 1. The first kappa shape index (κ1) is 23.1. The number of allylic oxidation sites excluding steroid dienone is 1. The lowest BCUT2D eigenvalue weighted by molar-refractivity contribution is -0.144. The van der Waals surface area contributed by atoms with Crippen molar-refractivity contribution in [2.75, 3.05) is 11.9 Å². The topological polar surface area (TPSA) is 117 Å². The summed E-state index contributed by atoms with van der Waals surface area (Å²) >= 11 is 0. The van der Waals surface area contributed by atoms with Crippen molar-refractivity contribution < 1.29 is 28.6 Å². The number of fused-ring (bicyclic) bond motifs is 2. The van der Waals surface area contributed by atoms with Gasteiger partial charge in [0, 0.05) is 17.7 Å². The van der Waals surface area contributed by atoms with Gasteiger partial charge in [0.05, 0.1) is 6.61 Å². The number of benzene rings is 2. The second kappa shape index (κ2) is 9.43. The number of nitrogens with one attached hydrogen (secondary N) is 1. The number of rotatable bonds is 7. The zero-order chi connectivity index (χ0) is 24.3. The molecule has 2 aromatic carbocycles. The van der Waals surface area contributed by atoms with Crippen LogP contribution in [0.4, 0.5) is 5.69 Å². The molecule has 4 rings (SSSR count). The van der Waals surface area contributed by atoms with Crippen molar-refractivity contribution in [1.82, 2.24) is 0 Å². The van der Waals surface area contributed by atoms with Gasteiger partial charge in [-0.15, -0.1) is 0 Å². The van der Waals surface area contributed by atoms with E-state index in [1.807, 2.05) is 37.3 Å². The molecule has 34 heavy (non-hydrogen) atoms. The predicted molar refractivity (Wildman–Crippen MR) is 124 cm³/mol. The lowest BCUT2D eigenvalue weighted by Crippen LogP contribution is -2.48. The molecule has 0 saturated heterocycles. The Morgan fingerprint density at radius 3 is 2.35 bits per heavy atom. The first-order valence-electron chi connectivity index (χ1n) is 11.2. The molecule has 1 unspecified atom stereocenters. The molecule has 176 valence electrons. The van der Waals surface area contributed by atoms with E-state index in [9.17, 15) is 14.4 Å². The predicted octanol–water partition coefficient (Wildman–Crippen LogP) is 3.44. The zero-order valence-electron chi connectivity index (χ0n) is 19.1. The maximum absolute atomic E-state index is 13.7. The fraction of sp³-hybridized carbons (Fsp3) is 0.269. The second-order valence-electron chi connectivity index (χ2n) is 7.92. The molecule has 2 aliphatic rings. The highest BCUT2D eigenvalue weighted by atomic mass is 16.5. The van der Waals surface area contributed by atoms with Crippen molar-refractivity contribution in [3.63, 3.8) is 0 Å². The molecule has 0 bridgehead atoms. The standard InChI is InChI=1S/C26H26N2O6/c1-3-10-19-20(23(29)33-15-16-11-6-5-7-12-16)26(21(22(27)34-19)24(30)32-4-2)17-13-8-9-14-18(17)28-25(26)31/h5-9,11-14H,3-4,10,15,27H2,1-2H3,(H,28,31). The molecule has 1 amide bonds. The molecule has 2 heterocycles. The summed E-state index contributed by atoms with van der Waals surface area (Å²) in [6, 6.07) is 16.0. The Morgan fingerprint density at radius 2 is 1.65 bits per heavy atom. The first-order valence-corrected chi connectivity index (χ1v) is 11.2. The van der Waals surface area contributed by atoms with E-state index in [4.69, 9.17) is 19.9 Å². The van der Waals surface area contributed by atoms with Gasteiger partial charge < -0.3 is 25.3 Å². The van der Waals surface area contributed by atoms with E-state index in [1.165, 1.54) is 0 Å². The average Bonchev–Trinajstić information content (AvgIpc) is 3.10. The summed E-state index contributed by atoms with van der Waals surface area (Å²) in [5, 5.41) is 2.79. The van der Waals surface area contributed by atoms with Gasteiger partial charge in [-0.25, -0.2) is 9.59 Å². The number of hydrogen-bond donors (Lipinski definition) is 2. The molecule has 2 aromatic rings. The van der Waals surface area contributed by atoms with Crippen LogP contribution in [-0.2, 0) is 40.6 Å². The van der Waals surface area contributed by atoms with Crippen LogP contribution in [0.1, 0.15) is 37.8 Å². The summed E-state index contributed by atoms with van der Waals surface area (Å²) in [6.07, 6.45) is 0.913. The minimum atomic E-state index is -1.86. The van der Waals surface area contributed by atoms with Crippen LogP contribution in [0.25, 0.3) is 0 Å². The van der Waals surface area contributed by atoms with Crippen molar-refractivity contribution in [3.05, 3.63) is 88.5 Å². The van der Waals surface area contributed by atoms with Crippen molar-refractivity contribution in [3.8, 4) is 0 Å². The van der Waals surface area contributed by atoms with Gasteiger partial charge in [0.2, 0.25) is 11.8 Å². The fourth-order valence-corrected chi connectivity index (χ4v) is 4.43. The van der Waals surface area contributed by atoms with Crippen LogP contribution in [0.5, 0.6) is 0 Å². The Labute approximate surface area is 197 Å². The molecular weight excluding hydrogens is 436 g/mol. The maximum atomic E-state index is 13.7. The number of esters is 2. The SMILES string of the molecule is CCCC1=C(C(=O)OCc2ccccc2)C2(C(=O)Nc3ccccc32)C(C(=O)OCC)=C(N)O1. The number of carbonyl (C=O) groups is 3. The third-order valence-electron chi connectivity index (χ3n) is 5.80. The van der Waals surface area contributed by atoms with Gasteiger partial charge in [-0.2, -0.15) is 0 Å². The summed E-state index contributed by atoms with van der Waals surface area (Å²) in [7, 11) is 0. The molecule has 8 nitrogen and oxygen atoms in total. The Morgan fingerprint density at radius 1 is 0.971 bits per heavy atom. The van der Waals surface area contributed by atoms with Gasteiger partial charge in [-0.1, -0.05) is 55.5 Å². The van der Waals surface area contributed by atoms with Gasteiger partial charge >= 0.3 is 11.9 Å². The molecule has 1 atom stereocenters. The summed E-state index contributed by atoms with van der Waals surface area (Å²) in [5.74, 6) is -2.28. The fourth-order valence-electron chi connectivity index (χ4n) is 4.43. The Hall–Kier alpha value is -4.07. The minimum absolute atomic E-state index is 0.0180. The van der Waals surface area contributed by atoms with Gasteiger partial charge in [-0.05, 0) is 25.0 Å². The van der Waals surface area contributed by atoms with Gasteiger partial charge in [0.1, 0.15) is 28.9 Å². The van der Waals surface area contributed by atoms with Gasteiger partial charge in [-0.3, -0.25) is 4.79 Å². The molecule has 8 heteroatoms. The normalized spacial score (nSPS) is 18.9. The largest absolute Gasteiger partial charge is 0.462 e. The van der Waals surface area contributed by atoms with Crippen LogP contribution >= 0.6 is 0 Å². The number of carbonyl (C=O) groups excluding carboxylic acids is 3. The van der Waals surface area contributed by atoms with E-state index in [0.29, 0.717) is 24.1 Å². The van der Waals surface area contributed by atoms with E-state index >= 15 is 0 Å². The molecule has 1 spiro atoms. The summed E-state index contributed by atoms with van der Waals surface area (Å²) in [5.41, 5.74) is 5.72. The van der Waals surface area contributed by atoms with E-state index < -0.39 is 23.3 Å². The van der Waals surface area contributed by atoms with E-state index in [1.54, 1.807) is 31.2 Å². The third kappa shape index (κ3) is 3.71. The van der Waals surface area contributed by atoms with Crippen LogP contribution in [0.3, 0.4) is 0 Å². The monoisotopic (exact) mass is 462 g/mol. The number of hydrogen-bond acceptors (Lipinski definition) is 7. The van der Waals surface area contributed by atoms with Gasteiger partial charge in [0.15, 0.2) is 0 Å². The van der Waals surface area contributed by atoms with Crippen LogP contribution in [-0.4, -0.2) is 24.5 Å². The highest BCUT2D eigenvalue weighted by molar-refractivity contribution is 6.21. The van der Waals surface area contributed by atoms with Crippen LogP contribution < -0.4 is 11.1 Å². The number of anilines is 1. The Kier molecular flexibility index (Phi) is 6.40. The summed E-state index contributed by atoms with van der Waals surface area (Å²) < 4.78 is 16.7. The van der Waals surface area contributed by atoms with Crippen LogP contribution in [0.15, 0.2) is 77.4 Å². The zero-order valence-corrected chi connectivity index (χ0v) is 19.1. The highest BCUT2D eigenvalue weighted by Gasteiger charge is 2.62. The first-order chi connectivity index (χ1) is 16.4. The highest BCUT2D eigenvalue weighted by Crippen LogP contribution is 2.53. The van der Waals surface area contributed by atoms with Crippen molar-refractivity contribution in [1.29, 1.82) is 0 Å². The molecule has 3 N–H and O–H groups in total. The molecule has 0 aromatic heterocycles. The number of para-hydroxylation sites is 1. The molecule has 0 radical (unpaired) electrons. The molecule has 0 saturated carbocycles. The summed E-state index contributed by atoms with van der Waals surface area (Å²) in [6.45, 7) is 3.57. The lowest BCUT2D eigenvalue weighted by atomic mass is 9.67. The second-order valence-corrected chi connectivity index (χ2v) is 7.92. The van der Waals surface area contributed by atoms with E-state index in [2.05, 4.69) is 5.32 Å². The quantitative estimate of drug-likeness (QED) is 0.606. The Bertz CT molecular complexity index is 1200. The molecular formula is C26H26N2O6. The number of nitrogens with two attached hydrogens (primary N) is 1. The lowest BCUT2D eigenvalue weighted by Gasteiger charge is -2.36. The average molecular weight is 463 g/mol. The van der Waals surface area contributed by atoms with E-state index in [0.717, 1.165) is 5.56 Å². The van der Waals surface area contributed by atoms with Crippen molar-refractivity contribution in [2.24, 2.45) is 5.73 Å². The smallest absolute Gasteiger partial charge is 0.341 e. The summed E-state index contributed by atoms with van der Waals surface area (Å²) in [4.78, 5) is 40.5. The Balaban J connectivity index is 1.91. The minimum Gasteiger partial charge on any atom is -0.462 e. The molecule has 0 fully saturated rings. The molecule has 0 aliphatic carbocycles. The van der Waals surface area contributed by atoms with E-state index in [-0.39, 0.29) is 36.0 Å². The van der Waals surface area contributed by atoms with Gasteiger partial charge in [0.25, 0.3) is 0 Å². The number of ether oxygens (including phenoxy) is 3. The van der Waals surface area contributed by atoms with Crippen LogP contribution in [0.2, 0.25) is 0 Å². The molecule has 2 aliphatic heterocycles. The van der Waals surface area contributed by atoms with Crippen LogP contribution in [0, 0.1) is 0 Å². The van der Waals surface area contributed by atoms with Crippen molar-refractivity contribution >= 4 is 23.5 Å². The maximum Gasteiger partial charge on any atom is 0.341 e.